The summed E-state index contributed by atoms with van der Waals surface area (Å²) >= 11 is 0. The Labute approximate surface area is 107 Å². The van der Waals surface area contributed by atoms with Gasteiger partial charge in [-0.15, -0.1) is 0 Å². The molecule has 6 nitrogen and oxygen atoms in total. The van der Waals surface area contributed by atoms with E-state index in [9.17, 15) is 9.59 Å². The fraction of sp³-hybridized carbons (Fsp3) is 0.833. The van der Waals surface area contributed by atoms with E-state index in [-0.39, 0.29) is 18.5 Å². The average Bonchev–Trinajstić information content (AvgIpc) is 2.76. The third-order valence-corrected chi connectivity index (χ3v) is 2.76. The number of hydrogen-bond acceptors (Lipinski definition) is 3. The highest BCUT2D eigenvalue weighted by molar-refractivity contribution is 5.80. The maximum atomic E-state index is 11.9. The molecule has 0 aromatic heterocycles. The monoisotopic (exact) mass is 258 g/mol. The molecule has 0 spiro atoms. The first kappa shape index (κ1) is 14.8. The van der Waals surface area contributed by atoms with Gasteiger partial charge in [-0.25, -0.2) is 4.79 Å². The Balaban J connectivity index is 2.39. The highest BCUT2D eigenvalue weighted by Crippen LogP contribution is 2.10. The summed E-state index contributed by atoms with van der Waals surface area (Å²) in [6.45, 7) is 6.05. The first-order chi connectivity index (χ1) is 8.49. The van der Waals surface area contributed by atoms with Crippen molar-refractivity contribution in [2.45, 2.75) is 20.3 Å². The number of hydrogen-bond donors (Lipinski definition) is 2. The minimum atomic E-state index is -0.991. The van der Waals surface area contributed by atoms with Gasteiger partial charge in [0, 0.05) is 25.6 Å². The molecule has 1 rings (SSSR count). The van der Waals surface area contributed by atoms with Crippen LogP contribution in [-0.2, 0) is 9.53 Å². The lowest BCUT2D eigenvalue weighted by atomic mass is 10.1. The molecule has 1 aliphatic heterocycles. The van der Waals surface area contributed by atoms with E-state index < -0.39 is 5.97 Å². The van der Waals surface area contributed by atoms with Crippen LogP contribution in [0.2, 0.25) is 0 Å². The van der Waals surface area contributed by atoms with E-state index in [0.29, 0.717) is 25.6 Å². The lowest BCUT2D eigenvalue weighted by molar-refractivity contribution is -0.137. The SMILES string of the molecule is CC(C)CN(CC(=O)O)C(=O)NCC1CCOC1. The highest BCUT2D eigenvalue weighted by Gasteiger charge is 2.20. The molecule has 1 atom stereocenters. The molecule has 2 amide bonds. The van der Waals surface area contributed by atoms with Crippen LogP contribution in [0.5, 0.6) is 0 Å². The van der Waals surface area contributed by atoms with Gasteiger partial charge in [-0.2, -0.15) is 0 Å². The van der Waals surface area contributed by atoms with Gasteiger partial charge < -0.3 is 20.1 Å². The van der Waals surface area contributed by atoms with Gasteiger partial charge in [0.05, 0.1) is 6.61 Å². The Morgan fingerprint density at radius 3 is 2.72 bits per heavy atom. The summed E-state index contributed by atoms with van der Waals surface area (Å²) in [6, 6.07) is -0.307. The fourth-order valence-electron chi connectivity index (χ4n) is 1.91. The molecule has 1 saturated heterocycles. The standard InChI is InChI=1S/C12H22N2O4/c1-9(2)6-14(7-11(15)16)12(17)13-5-10-3-4-18-8-10/h9-10H,3-8H2,1-2H3,(H,13,17)(H,15,16). The number of nitrogens with one attached hydrogen (secondary N) is 1. The molecule has 2 N–H and O–H groups in total. The van der Waals surface area contributed by atoms with Gasteiger partial charge >= 0.3 is 12.0 Å². The summed E-state index contributed by atoms with van der Waals surface area (Å²) in [7, 11) is 0. The number of carboxylic acids is 1. The van der Waals surface area contributed by atoms with Crippen molar-refractivity contribution in [3.63, 3.8) is 0 Å². The third kappa shape index (κ3) is 5.35. The molecule has 0 aromatic carbocycles. The summed E-state index contributed by atoms with van der Waals surface area (Å²) in [6.07, 6.45) is 0.948. The van der Waals surface area contributed by atoms with Crippen molar-refractivity contribution in [1.82, 2.24) is 10.2 Å². The number of nitrogens with zero attached hydrogens (tertiary/aromatic N) is 1. The average molecular weight is 258 g/mol. The second kappa shape index (κ2) is 7.20. The maximum absolute atomic E-state index is 11.9. The number of carboxylic acid groups (broad SMARTS) is 1. The second-order valence-electron chi connectivity index (χ2n) is 5.08. The molecule has 6 heteroatoms. The van der Waals surface area contributed by atoms with E-state index in [1.54, 1.807) is 0 Å². The van der Waals surface area contributed by atoms with Crippen molar-refractivity contribution in [2.24, 2.45) is 11.8 Å². The first-order valence-electron chi connectivity index (χ1n) is 6.31. The van der Waals surface area contributed by atoms with Gasteiger partial charge in [0.25, 0.3) is 0 Å². The normalized spacial score (nSPS) is 18.9. The van der Waals surface area contributed by atoms with E-state index in [1.807, 2.05) is 13.8 Å². The predicted molar refractivity (Wildman–Crippen MR) is 66.4 cm³/mol. The summed E-state index contributed by atoms with van der Waals surface area (Å²) in [5.74, 6) is -0.403. The van der Waals surface area contributed by atoms with Crippen LogP contribution in [0.1, 0.15) is 20.3 Å². The smallest absolute Gasteiger partial charge is 0.323 e. The fourth-order valence-corrected chi connectivity index (χ4v) is 1.91. The molecule has 0 bridgehead atoms. The minimum Gasteiger partial charge on any atom is -0.480 e. The number of urea groups is 1. The van der Waals surface area contributed by atoms with Gasteiger partial charge in [-0.1, -0.05) is 13.8 Å². The zero-order valence-electron chi connectivity index (χ0n) is 11.0. The molecule has 1 unspecified atom stereocenters. The topological polar surface area (TPSA) is 78.9 Å². The summed E-state index contributed by atoms with van der Waals surface area (Å²) in [5, 5.41) is 11.6. The molecule has 18 heavy (non-hydrogen) atoms. The Kier molecular flexibility index (Phi) is 5.91. The Morgan fingerprint density at radius 2 is 2.22 bits per heavy atom. The Morgan fingerprint density at radius 1 is 1.50 bits per heavy atom. The molecule has 0 aromatic rings. The van der Waals surface area contributed by atoms with E-state index in [4.69, 9.17) is 9.84 Å². The van der Waals surface area contributed by atoms with Crippen LogP contribution in [0.25, 0.3) is 0 Å². The van der Waals surface area contributed by atoms with Crippen molar-refractivity contribution in [2.75, 3.05) is 32.8 Å². The van der Waals surface area contributed by atoms with Crippen LogP contribution in [-0.4, -0.2) is 54.9 Å². The second-order valence-corrected chi connectivity index (χ2v) is 5.08. The van der Waals surface area contributed by atoms with Crippen molar-refractivity contribution in [1.29, 1.82) is 0 Å². The number of rotatable bonds is 6. The molecular weight excluding hydrogens is 236 g/mol. The zero-order chi connectivity index (χ0) is 13.5. The Hall–Kier alpha value is -1.30. The number of carbonyl (C=O) groups is 2. The van der Waals surface area contributed by atoms with Gasteiger partial charge in [0.15, 0.2) is 0 Å². The number of amides is 2. The van der Waals surface area contributed by atoms with Crippen molar-refractivity contribution in [3.05, 3.63) is 0 Å². The predicted octanol–water partition coefficient (Wildman–Crippen LogP) is 0.775. The summed E-state index contributed by atoms with van der Waals surface area (Å²) < 4.78 is 5.22. The lowest BCUT2D eigenvalue weighted by Gasteiger charge is -2.23. The molecule has 1 fully saturated rings. The van der Waals surface area contributed by atoms with E-state index in [0.717, 1.165) is 13.0 Å². The summed E-state index contributed by atoms with van der Waals surface area (Å²) in [5.41, 5.74) is 0. The largest absolute Gasteiger partial charge is 0.480 e. The van der Waals surface area contributed by atoms with Crippen LogP contribution in [0, 0.1) is 11.8 Å². The molecule has 104 valence electrons. The molecule has 0 saturated carbocycles. The molecular formula is C12H22N2O4. The van der Waals surface area contributed by atoms with Gasteiger partial charge in [0.1, 0.15) is 6.54 Å². The minimum absolute atomic E-state index is 0.241. The molecule has 0 aliphatic carbocycles. The van der Waals surface area contributed by atoms with Crippen LogP contribution in [0.3, 0.4) is 0 Å². The molecule has 1 heterocycles. The Bertz CT molecular complexity index is 288. The maximum Gasteiger partial charge on any atom is 0.323 e. The number of ether oxygens (including phenoxy) is 1. The van der Waals surface area contributed by atoms with Crippen LogP contribution < -0.4 is 5.32 Å². The van der Waals surface area contributed by atoms with Gasteiger partial charge in [-0.3, -0.25) is 4.79 Å². The van der Waals surface area contributed by atoms with Gasteiger partial charge in [-0.05, 0) is 12.3 Å². The van der Waals surface area contributed by atoms with E-state index in [2.05, 4.69) is 5.32 Å². The van der Waals surface area contributed by atoms with Crippen molar-refractivity contribution >= 4 is 12.0 Å². The number of aliphatic carboxylic acids is 1. The third-order valence-electron chi connectivity index (χ3n) is 2.76. The summed E-state index contributed by atoms with van der Waals surface area (Å²) in [4.78, 5) is 23.9. The van der Waals surface area contributed by atoms with Gasteiger partial charge in [0.2, 0.25) is 0 Å². The van der Waals surface area contributed by atoms with Crippen LogP contribution in [0.4, 0.5) is 4.79 Å². The highest BCUT2D eigenvalue weighted by atomic mass is 16.5. The van der Waals surface area contributed by atoms with Crippen molar-refractivity contribution < 1.29 is 19.4 Å². The molecule has 1 aliphatic rings. The van der Waals surface area contributed by atoms with E-state index in [1.165, 1.54) is 4.90 Å². The van der Waals surface area contributed by atoms with Crippen LogP contribution >= 0.6 is 0 Å². The van der Waals surface area contributed by atoms with E-state index >= 15 is 0 Å². The molecule has 0 radical (unpaired) electrons. The number of carbonyl (C=O) groups excluding carboxylic acids is 1. The lowest BCUT2D eigenvalue weighted by Crippen LogP contribution is -2.45. The first-order valence-corrected chi connectivity index (χ1v) is 6.31. The zero-order valence-corrected chi connectivity index (χ0v) is 11.0. The van der Waals surface area contributed by atoms with Crippen molar-refractivity contribution in [3.8, 4) is 0 Å². The quantitative estimate of drug-likeness (QED) is 0.737. The van der Waals surface area contributed by atoms with Crippen LogP contribution in [0.15, 0.2) is 0 Å².